The summed E-state index contributed by atoms with van der Waals surface area (Å²) in [6, 6.07) is 5.11. The molecule has 2 N–H and O–H groups in total. The molecule has 0 saturated carbocycles. The van der Waals surface area contributed by atoms with E-state index in [4.69, 9.17) is 10.5 Å². The van der Waals surface area contributed by atoms with E-state index in [2.05, 4.69) is 4.90 Å². The van der Waals surface area contributed by atoms with E-state index in [1.54, 1.807) is 6.07 Å². The van der Waals surface area contributed by atoms with Gasteiger partial charge in [0.2, 0.25) is 0 Å². The summed E-state index contributed by atoms with van der Waals surface area (Å²) in [6.07, 6.45) is 0.320. The highest BCUT2D eigenvalue weighted by Gasteiger charge is 2.24. The molecule has 4 heteroatoms. The quantitative estimate of drug-likeness (QED) is 0.855. The molecule has 17 heavy (non-hydrogen) atoms. The van der Waals surface area contributed by atoms with Crippen LogP contribution in [0, 0.1) is 5.82 Å². The Morgan fingerprint density at radius 2 is 2.00 bits per heavy atom. The minimum Gasteiger partial charge on any atom is -0.372 e. The Bertz CT molecular complexity index is 387. The molecule has 1 aliphatic heterocycles. The van der Waals surface area contributed by atoms with Crippen LogP contribution < -0.4 is 10.6 Å². The fourth-order valence-electron chi connectivity index (χ4n) is 2.42. The first-order chi connectivity index (χ1) is 8.11. The van der Waals surface area contributed by atoms with Gasteiger partial charge in [0.15, 0.2) is 0 Å². The molecule has 0 amide bonds. The summed E-state index contributed by atoms with van der Waals surface area (Å²) in [4.78, 5) is 2.16. The normalized spacial score (nSPS) is 25.1. The monoisotopic (exact) mass is 238 g/mol. The van der Waals surface area contributed by atoms with E-state index in [9.17, 15) is 4.39 Å². The van der Waals surface area contributed by atoms with Crippen molar-refractivity contribution in [2.24, 2.45) is 5.73 Å². The van der Waals surface area contributed by atoms with E-state index in [1.807, 2.05) is 19.9 Å². The number of nitrogens with zero attached hydrogens (tertiary/aromatic N) is 1. The van der Waals surface area contributed by atoms with Crippen molar-refractivity contribution < 1.29 is 9.13 Å². The molecule has 1 saturated heterocycles. The minimum absolute atomic E-state index is 0.160. The second-order valence-corrected chi connectivity index (χ2v) is 4.60. The van der Waals surface area contributed by atoms with Gasteiger partial charge in [-0.25, -0.2) is 4.39 Å². The van der Waals surface area contributed by atoms with Crippen LogP contribution in [0.3, 0.4) is 0 Å². The predicted molar refractivity (Wildman–Crippen MR) is 66.5 cm³/mol. The minimum atomic E-state index is -0.225. The highest BCUT2D eigenvalue weighted by molar-refractivity contribution is 5.54. The van der Waals surface area contributed by atoms with Gasteiger partial charge in [-0.2, -0.15) is 0 Å². The van der Waals surface area contributed by atoms with Gasteiger partial charge in [-0.05, 0) is 26.0 Å². The van der Waals surface area contributed by atoms with E-state index in [1.165, 1.54) is 6.07 Å². The third kappa shape index (κ3) is 2.58. The van der Waals surface area contributed by atoms with Crippen molar-refractivity contribution in [3.63, 3.8) is 0 Å². The van der Waals surface area contributed by atoms with Crippen LogP contribution in [0.1, 0.15) is 19.4 Å². The molecule has 0 spiro atoms. The number of anilines is 1. The van der Waals surface area contributed by atoms with Crippen molar-refractivity contribution in [1.82, 2.24) is 0 Å². The van der Waals surface area contributed by atoms with E-state index in [0.29, 0.717) is 5.56 Å². The number of nitrogens with two attached hydrogens (primary N) is 1. The molecular weight excluding hydrogens is 219 g/mol. The summed E-state index contributed by atoms with van der Waals surface area (Å²) in [7, 11) is 0. The Morgan fingerprint density at radius 3 is 2.59 bits per heavy atom. The first kappa shape index (κ1) is 12.3. The Labute approximate surface area is 101 Å². The largest absolute Gasteiger partial charge is 0.372 e. The number of hydrogen-bond donors (Lipinski definition) is 1. The number of halogens is 1. The van der Waals surface area contributed by atoms with Crippen molar-refractivity contribution in [2.75, 3.05) is 18.0 Å². The summed E-state index contributed by atoms with van der Waals surface area (Å²) in [5, 5.41) is 0. The van der Waals surface area contributed by atoms with Crippen LogP contribution in [-0.4, -0.2) is 25.3 Å². The predicted octanol–water partition coefficient (Wildman–Crippen LogP) is 1.90. The average Bonchev–Trinajstić information content (AvgIpc) is 2.27. The molecule has 1 fully saturated rings. The van der Waals surface area contributed by atoms with Gasteiger partial charge in [-0.1, -0.05) is 6.07 Å². The zero-order valence-corrected chi connectivity index (χ0v) is 10.3. The zero-order valence-electron chi connectivity index (χ0n) is 10.3. The lowest BCUT2D eigenvalue weighted by Gasteiger charge is -2.37. The molecule has 1 aromatic carbocycles. The van der Waals surface area contributed by atoms with Gasteiger partial charge < -0.3 is 15.4 Å². The molecule has 0 radical (unpaired) electrons. The van der Waals surface area contributed by atoms with Crippen LogP contribution in [0.2, 0.25) is 0 Å². The molecule has 94 valence electrons. The van der Waals surface area contributed by atoms with Crippen molar-refractivity contribution in [2.45, 2.75) is 32.6 Å². The molecule has 3 nitrogen and oxygen atoms in total. The second-order valence-electron chi connectivity index (χ2n) is 4.60. The second kappa shape index (κ2) is 5.02. The van der Waals surface area contributed by atoms with Crippen molar-refractivity contribution >= 4 is 5.69 Å². The van der Waals surface area contributed by atoms with Crippen LogP contribution in [0.25, 0.3) is 0 Å². The fraction of sp³-hybridized carbons (Fsp3) is 0.538. The number of rotatable bonds is 2. The summed E-state index contributed by atoms with van der Waals surface area (Å²) < 4.78 is 19.3. The summed E-state index contributed by atoms with van der Waals surface area (Å²) >= 11 is 0. The number of hydrogen-bond acceptors (Lipinski definition) is 3. The van der Waals surface area contributed by atoms with Crippen LogP contribution in [0.5, 0.6) is 0 Å². The van der Waals surface area contributed by atoms with E-state index in [-0.39, 0.29) is 24.6 Å². The maximum Gasteiger partial charge on any atom is 0.129 e. The smallest absolute Gasteiger partial charge is 0.129 e. The molecule has 2 rings (SSSR count). The van der Waals surface area contributed by atoms with E-state index >= 15 is 0 Å². The Morgan fingerprint density at radius 1 is 1.35 bits per heavy atom. The first-order valence-electron chi connectivity index (χ1n) is 5.99. The molecule has 0 bridgehead atoms. The van der Waals surface area contributed by atoms with Gasteiger partial charge in [0.1, 0.15) is 5.82 Å². The third-order valence-corrected chi connectivity index (χ3v) is 3.06. The lowest BCUT2D eigenvalue weighted by Crippen LogP contribution is -2.46. The molecular formula is C13H19FN2O. The highest BCUT2D eigenvalue weighted by Crippen LogP contribution is 2.26. The fourth-order valence-corrected chi connectivity index (χ4v) is 2.42. The van der Waals surface area contributed by atoms with Crippen LogP contribution in [-0.2, 0) is 11.3 Å². The lowest BCUT2D eigenvalue weighted by molar-refractivity contribution is -0.00528. The topological polar surface area (TPSA) is 38.5 Å². The van der Waals surface area contributed by atoms with Crippen molar-refractivity contribution in [1.29, 1.82) is 0 Å². The first-order valence-corrected chi connectivity index (χ1v) is 5.99. The standard InChI is InChI=1S/C13H19FN2O/c1-9-7-16(8-10(2)17-9)13-5-3-4-12(14)11(13)6-15/h3-5,9-10H,6-8,15H2,1-2H3/t9-,10+. The Kier molecular flexibility index (Phi) is 3.64. The molecule has 1 aliphatic rings. The van der Waals surface area contributed by atoms with Gasteiger partial charge in [0.25, 0.3) is 0 Å². The van der Waals surface area contributed by atoms with Gasteiger partial charge in [0.05, 0.1) is 12.2 Å². The number of morpholine rings is 1. The zero-order chi connectivity index (χ0) is 12.4. The Hall–Kier alpha value is -1.13. The SMILES string of the molecule is C[C@@H]1CN(c2cccc(F)c2CN)C[C@H](C)O1. The van der Waals surface area contributed by atoms with E-state index in [0.717, 1.165) is 18.8 Å². The van der Waals surface area contributed by atoms with Gasteiger partial charge in [-0.15, -0.1) is 0 Å². The van der Waals surface area contributed by atoms with Gasteiger partial charge >= 0.3 is 0 Å². The maximum absolute atomic E-state index is 13.7. The molecule has 0 aliphatic carbocycles. The number of benzene rings is 1. The third-order valence-electron chi connectivity index (χ3n) is 3.06. The molecule has 1 aromatic rings. The van der Waals surface area contributed by atoms with Crippen molar-refractivity contribution in [3.8, 4) is 0 Å². The van der Waals surface area contributed by atoms with Crippen LogP contribution in [0.4, 0.5) is 10.1 Å². The average molecular weight is 238 g/mol. The van der Waals surface area contributed by atoms with Crippen molar-refractivity contribution in [3.05, 3.63) is 29.6 Å². The molecule has 1 heterocycles. The molecule has 0 unspecified atom stereocenters. The summed E-state index contributed by atoms with van der Waals surface area (Å²) in [6.45, 7) is 5.85. The van der Waals surface area contributed by atoms with Crippen LogP contribution in [0.15, 0.2) is 18.2 Å². The lowest BCUT2D eigenvalue weighted by atomic mass is 10.1. The summed E-state index contributed by atoms with van der Waals surface area (Å²) in [5.74, 6) is -0.225. The molecule has 2 atom stereocenters. The number of ether oxygens (including phenoxy) is 1. The highest BCUT2D eigenvalue weighted by atomic mass is 19.1. The van der Waals surface area contributed by atoms with Gasteiger partial charge in [0, 0.05) is 30.9 Å². The summed E-state index contributed by atoms with van der Waals surface area (Å²) in [5.41, 5.74) is 7.12. The Balaban J connectivity index is 2.30. The van der Waals surface area contributed by atoms with E-state index < -0.39 is 0 Å². The van der Waals surface area contributed by atoms with Gasteiger partial charge in [-0.3, -0.25) is 0 Å². The van der Waals surface area contributed by atoms with Crippen LogP contribution >= 0.6 is 0 Å². The maximum atomic E-state index is 13.7. The molecule has 0 aromatic heterocycles.